The van der Waals surface area contributed by atoms with E-state index >= 15 is 0 Å². The predicted molar refractivity (Wildman–Crippen MR) is 55.0 cm³/mol. The Morgan fingerprint density at radius 3 is 2.64 bits per heavy atom. The van der Waals surface area contributed by atoms with Gasteiger partial charge in [-0.05, 0) is 30.2 Å². The lowest BCUT2D eigenvalue weighted by molar-refractivity contribution is 0.477. The van der Waals surface area contributed by atoms with Gasteiger partial charge in [0.15, 0.2) is 5.69 Å². The molecule has 1 fully saturated rings. The van der Waals surface area contributed by atoms with Gasteiger partial charge in [0.1, 0.15) is 5.75 Å². The molecule has 1 aromatic carbocycles. The molecular weight excluding hydrogens is 180 g/mol. The van der Waals surface area contributed by atoms with Crippen LogP contribution in [0, 0.1) is 4.91 Å². The molecule has 14 heavy (non-hydrogen) atoms. The Kier molecular flexibility index (Phi) is 2.35. The Hall–Kier alpha value is -1.58. The van der Waals surface area contributed by atoms with Gasteiger partial charge in [0.25, 0.3) is 0 Å². The molecule has 0 bridgehead atoms. The van der Waals surface area contributed by atoms with Gasteiger partial charge in [-0.15, -0.1) is 4.91 Å². The zero-order chi connectivity index (χ0) is 9.97. The predicted octanol–water partition coefficient (Wildman–Crippen LogP) is 2.39. The number of hydrogen-bond acceptors (Lipinski definition) is 4. The summed E-state index contributed by atoms with van der Waals surface area (Å²) in [6.07, 6.45) is 2.27. The van der Waals surface area contributed by atoms with E-state index in [9.17, 15) is 10.0 Å². The molecule has 1 aliphatic rings. The second-order valence-electron chi connectivity index (χ2n) is 3.43. The van der Waals surface area contributed by atoms with Crippen LogP contribution in [0.15, 0.2) is 23.4 Å². The van der Waals surface area contributed by atoms with Gasteiger partial charge in [0.2, 0.25) is 0 Å². The van der Waals surface area contributed by atoms with Gasteiger partial charge >= 0.3 is 0 Å². The topological polar surface area (TPSA) is 52.9 Å². The Bertz CT molecular complexity index is 346. The summed E-state index contributed by atoms with van der Waals surface area (Å²) in [5, 5.41) is 12.3. The maximum absolute atomic E-state index is 10.6. The Morgan fingerprint density at radius 1 is 1.29 bits per heavy atom. The standard InChI is InChI=1S/C10H12N2O2/c13-9-5-3-4-8(10(9)11-14)12-6-1-2-7-12/h3-5,13H,1-2,6-7H2. The summed E-state index contributed by atoms with van der Waals surface area (Å²) in [5.74, 6) is -0.0376. The third kappa shape index (κ3) is 1.43. The van der Waals surface area contributed by atoms with Crippen LogP contribution in [0.3, 0.4) is 0 Å². The molecule has 0 aliphatic carbocycles. The summed E-state index contributed by atoms with van der Waals surface area (Å²) in [7, 11) is 0. The van der Waals surface area contributed by atoms with Gasteiger partial charge in [-0.1, -0.05) is 6.07 Å². The Balaban J connectivity index is 2.40. The average Bonchev–Trinajstić information content (AvgIpc) is 2.70. The van der Waals surface area contributed by atoms with Crippen molar-refractivity contribution in [1.29, 1.82) is 0 Å². The van der Waals surface area contributed by atoms with Gasteiger partial charge in [0, 0.05) is 13.1 Å². The average molecular weight is 192 g/mol. The summed E-state index contributed by atoms with van der Waals surface area (Å²) < 4.78 is 0. The fourth-order valence-corrected chi connectivity index (χ4v) is 1.83. The molecule has 1 saturated heterocycles. The van der Waals surface area contributed by atoms with Crippen molar-refractivity contribution in [3.8, 4) is 5.75 Å². The number of aromatic hydroxyl groups is 1. The number of benzene rings is 1. The van der Waals surface area contributed by atoms with Crippen molar-refractivity contribution in [2.24, 2.45) is 5.18 Å². The van der Waals surface area contributed by atoms with E-state index in [-0.39, 0.29) is 11.4 Å². The largest absolute Gasteiger partial charge is 0.505 e. The summed E-state index contributed by atoms with van der Waals surface area (Å²) in [5.41, 5.74) is 0.909. The summed E-state index contributed by atoms with van der Waals surface area (Å²) in [4.78, 5) is 12.6. The van der Waals surface area contributed by atoms with E-state index in [1.165, 1.54) is 6.07 Å². The number of nitroso groups, excluding NO2 is 1. The number of anilines is 1. The zero-order valence-corrected chi connectivity index (χ0v) is 7.81. The lowest BCUT2D eigenvalue weighted by Crippen LogP contribution is -2.17. The van der Waals surface area contributed by atoms with Gasteiger partial charge < -0.3 is 10.0 Å². The smallest absolute Gasteiger partial charge is 0.172 e. The number of hydrogen-bond donors (Lipinski definition) is 1. The van der Waals surface area contributed by atoms with Crippen molar-refractivity contribution >= 4 is 11.4 Å². The Morgan fingerprint density at radius 2 is 2.00 bits per heavy atom. The third-order valence-corrected chi connectivity index (χ3v) is 2.53. The van der Waals surface area contributed by atoms with E-state index < -0.39 is 0 Å². The minimum absolute atomic E-state index is 0.0376. The number of nitrogens with zero attached hydrogens (tertiary/aromatic N) is 2. The van der Waals surface area contributed by atoms with E-state index in [0.29, 0.717) is 0 Å². The molecule has 0 spiro atoms. The summed E-state index contributed by atoms with van der Waals surface area (Å²) in [6, 6.07) is 5.04. The molecular formula is C10H12N2O2. The van der Waals surface area contributed by atoms with Crippen LogP contribution >= 0.6 is 0 Å². The molecule has 0 amide bonds. The van der Waals surface area contributed by atoms with E-state index in [1.807, 2.05) is 6.07 Å². The van der Waals surface area contributed by atoms with Crippen LogP contribution in [-0.4, -0.2) is 18.2 Å². The fourth-order valence-electron chi connectivity index (χ4n) is 1.83. The SMILES string of the molecule is O=Nc1c(O)cccc1N1CCCC1. The fraction of sp³-hybridized carbons (Fsp3) is 0.400. The molecule has 4 nitrogen and oxygen atoms in total. The maximum atomic E-state index is 10.6. The highest BCUT2D eigenvalue weighted by Crippen LogP contribution is 2.37. The van der Waals surface area contributed by atoms with Crippen molar-refractivity contribution in [3.05, 3.63) is 23.1 Å². The van der Waals surface area contributed by atoms with Crippen LogP contribution < -0.4 is 4.90 Å². The van der Waals surface area contributed by atoms with Crippen LogP contribution in [0.4, 0.5) is 11.4 Å². The quantitative estimate of drug-likeness (QED) is 0.732. The van der Waals surface area contributed by atoms with Crippen molar-refractivity contribution in [2.45, 2.75) is 12.8 Å². The Labute approximate surface area is 82.1 Å². The highest BCUT2D eigenvalue weighted by atomic mass is 16.3. The minimum Gasteiger partial charge on any atom is -0.505 e. The molecule has 4 heteroatoms. The van der Waals surface area contributed by atoms with Gasteiger partial charge in [-0.2, -0.15) is 0 Å². The lowest BCUT2D eigenvalue weighted by Gasteiger charge is -2.18. The number of phenolic OH excluding ortho intramolecular Hbond substituents is 1. The molecule has 0 unspecified atom stereocenters. The monoisotopic (exact) mass is 192 g/mol. The maximum Gasteiger partial charge on any atom is 0.172 e. The number of rotatable bonds is 2. The van der Waals surface area contributed by atoms with Crippen LogP contribution in [-0.2, 0) is 0 Å². The molecule has 0 atom stereocenters. The first-order chi connectivity index (χ1) is 6.83. The molecule has 2 rings (SSSR count). The molecule has 0 saturated carbocycles. The highest BCUT2D eigenvalue weighted by molar-refractivity contribution is 5.73. The molecule has 1 aliphatic heterocycles. The summed E-state index contributed by atoms with van der Waals surface area (Å²) in [6.45, 7) is 1.87. The first-order valence-corrected chi connectivity index (χ1v) is 4.73. The van der Waals surface area contributed by atoms with Crippen LogP contribution in [0.5, 0.6) is 5.75 Å². The molecule has 1 heterocycles. The molecule has 74 valence electrons. The number of phenols is 1. The van der Waals surface area contributed by atoms with Crippen LogP contribution in [0.2, 0.25) is 0 Å². The lowest BCUT2D eigenvalue weighted by atomic mass is 10.2. The highest BCUT2D eigenvalue weighted by Gasteiger charge is 2.18. The third-order valence-electron chi connectivity index (χ3n) is 2.53. The summed E-state index contributed by atoms with van der Waals surface area (Å²) >= 11 is 0. The van der Waals surface area contributed by atoms with Crippen molar-refractivity contribution in [1.82, 2.24) is 0 Å². The van der Waals surface area contributed by atoms with E-state index in [4.69, 9.17) is 0 Å². The first-order valence-electron chi connectivity index (χ1n) is 4.73. The van der Waals surface area contributed by atoms with Gasteiger partial charge in [0.05, 0.1) is 5.69 Å². The van der Waals surface area contributed by atoms with Crippen LogP contribution in [0.25, 0.3) is 0 Å². The molecule has 0 aromatic heterocycles. The van der Waals surface area contributed by atoms with Gasteiger partial charge in [-0.3, -0.25) is 0 Å². The van der Waals surface area contributed by atoms with Crippen LogP contribution in [0.1, 0.15) is 12.8 Å². The van der Waals surface area contributed by atoms with E-state index in [1.54, 1.807) is 6.07 Å². The first kappa shape index (κ1) is 8.99. The van der Waals surface area contributed by atoms with E-state index in [2.05, 4.69) is 10.1 Å². The molecule has 1 N–H and O–H groups in total. The van der Waals surface area contributed by atoms with Crippen molar-refractivity contribution in [3.63, 3.8) is 0 Å². The van der Waals surface area contributed by atoms with E-state index in [0.717, 1.165) is 31.6 Å². The minimum atomic E-state index is -0.0376. The van der Waals surface area contributed by atoms with Gasteiger partial charge in [-0.25, -0.2) is 0 Å². The molecule has 0 radical (unpaired) electrons. The van der Waals surface area contributed by atoms with Crippen molar-refractivity contribution in [2.75, 3.05) is 18.0 Å². The second kappa shape index (κ2) is 3.65. The zero-order valence-electron chi connectivity index (χ0n) is 7.81. The normalized spacial score (nSPS) is 15.9. The van der Waals surface area contributed by atoms with Crippen molar-refractivity contribution < 1.29 is 5.11 Å². The molecule has 1 aromatic rings. The second-order valence-corrected chi connectivity index (χ2v) is 3.43.